The van der Waals surface area contributed by atoms with Crippen LogP contribution in [-0.4, -0.2) is 36.5 Å². The Kier molecular flexibility index (Phi) is 5.71. The van der Waals surface area contributed by atoms with Gasteiger partial charge in [-0.25, -0.2) is 4.79 Å². The number of likely N-dealkylation sites (tertiary alicyclic amines) is 1. The molecule has 0 spiro atoms. The number of hydrogen-bond acceptors (Lipinski definition) is 4. The van der Waals surface area contributed by atoms with Gasteiger partial charge in [0.15, 0.2) is 0 Å². The molecule has 1 amide bonds. The molecule has 27 heavy (non-hydrogen) atoms. The molecule has 5 nitrogen and oxygen atoms in total. The van der Waals surface area contributed by atoms with E-state index < -0.39 is 12.0 Å². The standard InChI is InChI=1S/C21H22ClNO4/c1-13-6-8-18(14(2)11-13)27-21(25)17-5-4-10-23(17)20(24)16-12-15(22)7-9-19(16)26-3/h6-9,11-12,17H,4-5,10H2,1-3H3. The monoisotopic (exact) mass is 387 g/mol. The van der Waals surface area contributed by atoms with E-state index in [0.29, 0.717) is 35.1 Å². The van der Waals surface area contributed by atoms with Gasteiger partial charge in [-0.2, -0.15) is 0 Å². The number of nitrogens with zero attached hydrogens (tertiary/aromatic N) is 1. The Labute approximate surface area is 163 Å². The highest BCUT2D eigenvalue weighted by Gasteiger charge is 2.37. The first kappa shape index (κ1) is 19.2. The molecule has 3 rings (SSSR count). The van der Waals surface area contributed by atoms with Crippen LogP contribution in [0.1, 0.15) is 34.3 Å². The molecule has 1 heterocycles. The summed E-state index contributed by atoms with van der Waals surface area (Å²) in [5.74, 6) is 0.242. The van der Waals surface area contributed by atoms with Crippen molar-refractivity contribution in [3.63, 3.8) is 0 Å². The van der Waals surface area contributed by atoms with Crippen LogP contribution in [0, 0.1) is 13.8 Å². The second-order valence-electron chi connectivity index (χ2n) is 6.69. The molecule has 2 aromatic rings. The maximum absolute atomic E-state index is 13.0. The highest BCUT2D eigenvalue weighted by Crippen LogP contribution is 2.29. The quantitative estimate of drug-likeness (QED) is 0.583. The Hall–Kier alpha value is -2.53. The molecule has 1 aliphatic rings. The Morgan fingerprint density at radius 2 is 1.85 bits per heavy atom. The van der Waals surface area contributed by atoms with Gasteiger partial charge in [-0.3, -0.25) is 4.79 Å². The number of benzene rings is 2. The Morgan fingerprint density at radius 1 is 1.11 bits per heavy atom. The lowest BCUT2D eigenvalue weighted by Gasteiger charge is -2.24. The largest absolute Gasteiger partial charge is 0.496 e. The summed E-state index contributed by atoms with van der Waals surface area (Å²) in [5, 5.41) is 0.438. The van der Waals surface area contributed by atoms with Crippen LogP contribution in [0.3, 0.4) is 0 Å². The van der Waals surface area contributed by atoms with Gasteiger partial charge in [0.2, 0.25) is 0 Å². The molecule has 0 saturated carbocycles. The van der Waals surface area contributed by atoms with Crippen molar-refractivity contribution in [3.05, 3.63) is 58.1 Å². The molecular weight excluding hydrogens is 366 g/mol. The Balaban J connectivity index is 1.81. The number of methoxy groups -OCH3 is 1. The number of halogens is 1. The van der Waals surface area contributed by atoms with E-state index in [1.807, 2.05) is 26.0 Å². The van der Waals surface area contributed by atoms with Gasteiger partial charge >= 0.3 is 5.97 Å². The number of hydrogen-bond donors (Lipinski definition) is 0. The minimum absolute atomic E-state index is 0.283. The van der Waals surface area contributed by atoms with Crippen molar-refractivity contribution in [2.45, 2.75) is 32.7 Å². The maximum atomic E-state index is 13.0. The van der Waals surface area contributed by atoms with Crippen LogP contribution >= 0.6 is 11.6 Å². The second kappa shape index (κ2) is 8.01. The van der Waals surface area contributed by atoms with E-state index in [9.17, 15) is 9.59 Å². The first-order valence-corrected chi connectivity index (χ1v) is 9.22. The highest BCUT2D eigenvalue weighted by molar-refractivity contribution is 6.31. The molecule has 0 N–H and O–H groups in total. The van der Waals surface area contributed by atoms with Gasteiger partial charge in [0.1, 0.15) is 17.5 Å². The van der Waals surface area contributed by atoms with Gasteiger partial charge < -0.3 is 14.4 Å². The molecule has 0 radical (unpaired) electrons. The number of amides is 1. The van der Waals surface area contributed by atoms with E-state index in [-0.39, 0.29) is 5.91 Å². The highest BCUT2D eigenvalue weighted by atomic mass is 35.5. The smallest absolute Gasteiger partial charge is 0.334 e. The third kappa shape index (κ3) is 4.08. The third-order valence-corrected chi connectivity index (χ3v) is 4.95. The zero-order valence-electron chi connectivity index (χ0n) is 15.6. The lowest BCUT2D eigenvalue weighted by molar-refractivity contribution is -0.138. The summed E-state index contributed by atoms with van der Waals surface area (Å²) in [6.07, 6.45) is 1.31. The first-order valence-electron chi connectivity index (χ1n) is 8.84. The molecule has 1 fully saturated rings. The Morgan fingerprint density at radius 3 is 2.56 bits per heavy atom. The molecule has 0 bridgehead atoms. The van der Waals surface area contributed by atoms with Crippen molar-refractivity contribution in [2.75, 3.05) is 13.7 Å². The van der Waals surface area contributed by atoms with Gasteiger partial charge in [-0.1, -0.05) is 29.3 Å². The molecule has 142 valence electrons. The second-order valence-corrected chi connectivity index (χ2v) is 7.13. The van der Waals surface area contributed by atoms with Crippen molar-refractivity contribution in [2.24, 2.45) is 0 Å². The van der Waals surface area contributed by atoms with Crippen LogP contribution < -0.4 is 9.47 Å². The van der Waals surface area contributed by atoms with E-state index in [4.69, 9.17) is 21.1 Å². The van der Waals surface area contributed by atoms with Crippen LogP contribution in [0.15, 0.2) is 36.4 Å². The number of carbonyl (C=O) groups is 2. The first-order chi connectivity index (χ1) is 12.9. The van der Waals surface area contributed by atoms with Gasteiger partial charge in [-0.05, 0) is 56.5 Å². The SMILES string of the molecule is COc1ccc(Cl)cc1C(=O)N1CCCC1C(=O)Oc1ccc(C)cc1C. The summed E-state index contributed by atoms with van der Waals surface area (Å²) in [7, 11) is 1.50. The summed E-state index contributed by atoms with van der Waals surface area (Å²) in [6.45, 7) is 4.36. The van der Waals surface area contributed by atoms with E-state index >= 15 is 0 Å². The predicted octanol–water partition coefficient (Wildman–Crippen LogP) is 4.18. The van der Waals surface area contributed by atoms with Crippen molar-refractivity contribution >= 4 is 23.5 Å². The molecule has 1 aliphatic heterocycles. The molecule has 2 aromatic carbocycles. The van der Waals surface area contributed by atoms with Gasteiger partial charge in [0.05, 0.1) is 12.7 Å². The molecule has 0 aromatic heterocycles. The number of carbonyl (C=O) groups excluding carboxylic acids is 2. The summed E-state index contributed by atoms with van der Waals surface area (Å²) < 4.78 is 10.9. The van der Waals surface area contributed by atoms with E-state index in [1.165, 1.54) is 7.11 Å². The number of ether oxygens (including phenoxy) is 2. The van der Waals surface area contributed by atoms with Crippen molar-refractivity contribution in [3.8, 4) is 11.5 Å². The topological polar surface area (TPSA) is 55.8 Å². The third-order valence-electron chi connectivity index (χ3n) is 4.72. The fraction of sp³-hybridized carbons (Fsp3) is 0.333. The molecular formula is C21H22ClNO4. The van der Waals surface area contributed by atoms with Crippen molar-refractivity contribution < 1.29 is 19.1 Å². The maximum Gasteiger partial charge on any atom is 0.334 e. The summed E-state index contributed by atoms with van der Waals surface area (Å²) in [6, 6.07) is 9.88. The van der Waals surface area contributed by atoms with Crippen molar-refractivity contribution in [1.82, 2.24) is 4.90 Å². The predicted molar refractivity (Wildman–Crippen MR) is 104 cm³/mol. The van der Waals surface area contributed by atoms with Crippen LogP contribution in [0.5, 0.6) is 11.5 Å². The molecule has 1 unspecified atom stereocenters. The minimum atomic E-state index is -0.623. The molecule has 1 atom stereocenters. The molecule has 1 saturated heterocycles. The summed E-state index contributed by atoms with van der Waals surface area (Å²) >= 11 is 6.04. The fourth-order valence-electron chi connectivity index (χ4n) is 3.35. The molecule has 0 aliphatic carbocycles. The lowest BCUT2D eigenvalue weighted by atomic mass is 10.1. The minimum Gasteiger partial charge on any atom is -0.496 e. The van der Waals surface area contributed by atoms with Crippen LogP contribution in [0.4, 0.5) is 0 Å². The van der Waals surface area contributed by atoms with Gasteiger partial charge in [0, 0.05) is 11.6 Å². The number of esters is 1. The Bertz CT molecular complexity index is 880. The van der Waals surface area contributed by atoms with Gasteiger partial charge in [0.25, 0.3) is 5.91 Å². The zero-order chi connectivity index (χ0) is 19.6. The van der Waals surface area contributed by atoms with Crippen molar-refractivity contribution in [1.29, 1.82) is 0 Å². The summed E-state index contributed by atoms with van der Waals surface area (Å²) in [4.78, 5) is 27.3. The average Bonchev–Trinajstić information content (AvgIpc) is 3.13. The van der Waals surface area contributed by atoms with E-state index in [1.54, 1.807) is 29.2 Å². The van der Waals surface area contributed by atoms with Crippen LogP contribution in [0.25, 0.3) is 0 Å². The summed E-state index contributed by atoms with van der Waals surface area (Å²) in [5.41, 5.74) is 2.32. The van der Waals surface area contributed by atoms with E-state index in [0.717, 1.165) is 17.5 Å². The van der Waals surface area contributed by atoms with Crippen LogP contribution in [0.2, 0.25) is 5.02 Å². The van der Waals surface area contributed by atoms with Gasteiger partial charge in [-0.15, -0.1) is 0 Å². The van der Waals surface area contributed by atoms with E-state index in [2.05, 4.69) is 0 Å². The fourth-order valence-corrected chi connectivity index (χ4v) is 3.52. The van der Waals surface area contributed by atoms with Crippen LogP contribution in [-0.2, 0) is 4.79 Å². The lowest BCUT2D eigenvalue weighted by Crippen LogP contribution is -2.42. The molecule has 6 heteroatoms. The average molecular weight is 388 g/mol. The zero-order valence-corrected chi connectivity index (χ0v) is 16.4. The number of rotatable bonds is 4. The number of aryl methyl sites for hydroxylation is 2. The normalized spacial score (nSPS) is 16.3.